The lowest BCUT2D eigenvalue weighted by Gasteiger charge is -2.26. The van der Waals surface area contributed by atoms with E-state index in [1.807, 2.05) is 43.1 Å². The van der Waals surface area contributed by atoms with Crippen LogP contribution in [0.5, 0.6) is 6.01 Å². The molecule has 0 aliphatic heterocycles. The summed E-state index contributed by atoms with van der Waals surface area (Å²) in [6.07, 6.45) is 0. The largest absolute Gasteiger partial charge is 0.467 e. The zero-order chi connectivity index (χ0) is 15.4. The second kappa shape index (κ2) is 6.55. The Hall–Kier alpha value is -2.12. The molecule has 1 unspecified atom stereocenters. The SMILES string of the molecule is COc1nc(NN)nc(N(C)C(C)c2ccccc2Cl)n1. The van der Waals surface area contributed by atoms with Crippen molar-refractivity contribution in [1.29, 1.82) is 0 Å². The maximum Gasteiger partial charge on any atom is 0.322 e. The third-order valence-electron chi connectivity index (χ3n) is 3.17. The molecule has 8 heteroatoms. The second-order valence-corrected chi connectivity index (χ2v) is 4.81. The Bertz CT molecular complexity index is 601. The number of nitrogen functional groups attached to an aromatic ring is 1. The average molecular weight is 309 g/mol. The van der Waals surface area contributed by atoms with E-state index in [9.17, 15) is 0 Å². The number of anilines is 2. The first-order valence-electron chi connectivity index (χ1n) is 6.30. The third-order valence-corrected chi connectivity index (χ3v) is 3.51. The number of benzene rings is 1. The number of nitrogens with one attached hydrogen (secondary N) is 1. The van der Waals surface area contributed by atoms with Gasteiger partial charge in [-0.3, -0.25) is 5.43 Å². The smallest absolute Gasteiger partial charge is 0.322 e. The van der Waals surface area contributed by atoms with E-state index in [0.717, 1.165) is 5.56 Å². The second-order valence-electron chi connectivity index (χ2n) is 4.40. The van der Waals surface area contributed by atoms with Gasteiger partial charge >= 0.3 is 6.01 Å². The molecular formula is C13H17ClN6O. The van der Waals surface area contributed by atoms with Crippen LogP contribution >= 0.6 is 11.6 Å². The summed E-state index contributed by atoms with van der Waals surface area (Å²) in [6, 6.07) is 7.79. The van der Waals surface area contributed by atoms with Gasteiger partial charge in [0, 0.05) is 12.1 Å². The molecule has 3 N–H and O–H groups in total. The van der Waals surface area contributed by atoms with E-state index in [2.05, 4.69) is 20.4 Å². The molecule has 112 valence electrons. The minimum Gasteiger partial charge on any atom is -0.467 e. The van der Waals surface area contributed by atoms with Crippen LogP contribution in [0.2, 0.25) is 5.02 Å². The molecule has 0 amide bonds. The lowest BCUT2D eigenvalue weighted by Crippen LogP contribution is -2.25. The van der Waals surface area contributed by atoms with Gasteiger partial charge in [0.15, 0.2) is 0 Å². The van der Waals surface area contributed by atoms with Crippen molar-refractivity contribution in [3.05, 3.63) is 34.9 Å². The molecule has 0 saturated carbocycles. The molecule has 0 saturated heterocycles. The highest BCUT2D eigenvalue weighted by Crippen LogP contribution is 2.28. The molecule has 1 aromatic carbocycles. The Kier molecular flexibility index (Phi) is 4.77. The molecule has 21 heavy (non-hydrogen) atoms. The van der Waals surface area contributed by atoms with Crippen LogP contribution in [-0.4, -0.2) is 29.1 Å². The van der Waals surface area contributed by atoms with Crippen molar-refractivity contribution in [3.8, 4) is 6.01 Å². The van der Waals surface area contributed by atoms with Crippen molar-refractivity contribution in [1.82, 2.24) is 15.0 Å². The predicted molar refractivity (Wildman–Crippen MR) is 82.5 cm³/mol. The van der Waals surface area contributed by atoms with Crippen LogP contribution in [0.1, 0.15) is 18.5 Å². The van der Waals surface area contributed by atoms with Crippen LogP contribution < -0.4 is 20.9 Å². The highest BCUT2D eigenvalue weighted by Gasteiger charge is 2.18. The van der Waals surface area contributed by atoms with Gasteiger partial charge in [0.1, 0.15) is 0 Å². The van der Waals surface area contributed by atoms with Gasteiger partial charge in [-0.2, -0.15) is 15.0 Å². The molecule has 7 nitrogen and oxygen atoms in total. The topological polar surface area (TPSA) is 89.2 Å². The van der Waals surface area contributed by atoms with Gasteiger partial charge in [-0.15, -0.1) is 0 Å². The summed E-state index contributed by atoms with van der Waals surface area (Å²) in [5.74, 6) is 6.02. The lowest BCUT2D eigenvalue weighted by atomic mass is 10.1. The van der Waals surface area contributed by atoms with Crippen molar-refractivity contribution in [2.75, 3.05) is 24.5 Å². The van der Waals surface area contributed by atoms with E-state index < -0.39 is 0 Å². The van der Waals surface area contributed by atoms with Gasteiger partial charge in [0.2, 0.25) is 11.9 Å². The van der Waals surface area contributed by atoms with Crippen LogP contribution in [0.3, 0.4) is 0 Å². The van der Waals surface area contributed by atoms with Crippen LogP contribution in [-0.2, 0) is 0 Å². The monoisotopic (exact) mass is 308 g/mol. The van der Waals surface area contributed by atoms with Crippen molar-refractivity contribution < 1.29 is 4.74 Å². The third kappa shape index (κ3) is 3.32. The summed E-state index contributed by atoms with van der Waals surface area (Å²) in [5, 5.41) is 0.690. The first kappa shape index (κ1) is 15.3. The van der Waals surface area contributed by atoms with E-state index in [1.165, 1.54) is 7.11 Å². The Labute approximate surface area is 128 Å². The number of ether oxygens (including phenoxy) is 1. The summed E-state index contributed by atoms with van der Waals surface area (Å²) in [5.41, 5.74) is 3.37. The quantitative estimate of drug-likeness (QED) is 0.645. The summed E-state index contributed by atoms with van der Waals surface area (Å²) in [4.78, 5) is 14.3. The molecule has 1 aromatic heterocycles. The Morgan fingerprint density at radius 1 is 1.29 bits per heavy atom. The molecule has 1 heterocycles. The molecule has 2 rings (SSSR count). The summed E-state index contributed by atoms with van der Waals surface area (Å²) in [6.45, 7) is 2.01. The zero-order valence-corrected chi connectivity index (χ0v) is 12.8. The summed E-state index contributed by atoms with van der Waals surface area (Å²) in [7, 11) is 3.35. The lowest BCUT2D eigenvalue weighted by molar-refractivity contribution is 0.378. The number of halogens is 1. The molecule has 0 spiro atoms. The number of nitrogens with two attached hydrogens (primary N) is 1. The summed E-state index contributed by atoms with van der Waals surface area (Å²) >= 11 is 6.23. The van der Waals surface area contributed by atoms with Crippen molar-refractivity contribution in [3.63, 3.8) is 0 Å². The molecule has 0 bridgehead atoms. The van der Waals surface area contributed by atoms with Crippen molar-refractivity contribution in [2.24, 2.45) is 5.84 Å². The minimum absolute atomic E-state index is 0.0311. The number of aromatic nitrogens is 3. The average Bonchev–Trinajstić information content (AvgIpc) is 2.53. The molecule has 2 aromatic rings. The minimum atomic E-state index is -0.0311. The van der Waals surface area contributed by atoms with Gasteiger partial charge < -0.3 is 9.64 Å². The Morgan fingerprint density at radius 2 is 2.00 bits per heavy atom. The molecule has 0 radical (unpaired) electrons. The van der Waals surface area contributed by atoms with E-state index in [0.29, 0.717) is 11.0 Å². The maximum absolute atomic E-state index is 6.23. The fraction of sp³-hybridized carbons (Fsp3) is 0.308. The predicted octanol–water partition coefficient (Wildman–Crippen LogP) is 2.02. The van der Waals surface area contributed by atoms with Gasteiger partial charge in [0.25, 0.3) is 0 Å². The molecule has 0 aliphatic rings. The first-order valence-corrected chi connectivity index (χ1v) is 6.68. The van der Waals surface area contributed by atoms with Gasteiger partial charge in [-0.05, 0) is 18.6 Å². The summed E-state index contributed by atoms with van der Waals surface area (Å²) < 4.78 is 5.05. The Balaban J connectivity index is 2.35. The van der Waals surface area contributed by atoms with Crippen LogP contribution in [0.4, 0.5) is 11.9 Å². The fourth-order valence-corrected chi connectivity index (χ4v) is 2.15. The number of hydrazine groups is 1. The normalized spacial score (nSPS) is 11.9. The van der Waals surface area contributed by atoms with Crippen LogP contribution in [0.15, 0.2) is 24.3 Å². The number of hydrogen-bond acceptors (Lipinski definition) is 7. The number of hydrogen-bond donors (Lipinski definition) is 2. The maximum atomic E-state index is 6.23. The van der Waals surface area contributed by atoms with Crippen LogP contribution in [0, 0.1) is 0 Å². The Morgan fingerprint density at radius 3 is 2.62 bits per heavy atom. The van der Waals surface area contributed by atoms with Crippen LogP contribution in [0.25, 0.3) is 0 Å². The first-order chi connectivity index (χ1) is 10.1. The molecular weight excluding hydrogens is 292 g/mol. The molecule has 0 fully saturated rings. The van der Waals surface area contributed by atoms with Gasteiger partial charge in [-0.1, -0.05) is 29.8 Å². The van der Waals surface area contributed by atoms with Gasteiger partial charge in [0.05, 0.1) is 13.2 Å². The van der Waals surface area contributed by atoms with E-state index in [1.54, 1.807) is 0 Å². The number of nitrogens with zero attached hydrogens (tertiary/aromatic N) is 4. The number of methoxy groups -OCH3 is 1. The molecule has 0 aliphatic carbocycles. The van der Waals surface area contributed by atoms with E-state index >= 15 is 0 Å². The zero-order valence-electron chi connectivity index (χ0n) is 12.0. The highest BCUT2D eigenvalue weighted by molar-refractivity contribution is 6.31. The van der Waals surface area contributed by atoms with Gasteiger partial charge in [-0.25, -0.2) is 5.84 Å². The molecule has 1 atom stereocenters. The number of rotatable bonds is 5. The van der Waals surface area contributed by atoms with Crippen molar-refractivity contribution in [2.45, 2.75) is 13.0 Å². The standard InChI is InChI=1S/C13H17ClN6O/c1-8(9-6-4-5-7-10(9)14)20(2)12-16-11(19-15)17-13(18-12)21-3/h4-8H,15H2,1-3H3,(H,16,17,18,19). The van der Waals surface area contributed by atoms with E-state index in [-0.39, 0.29) is 18.0 Å². The fourth-order valence-electron chi connectivity index (χ4n) is 1.86. The highest BCUT2D eigenvalue weighted by atomic mass is 35.5. The van der Waals surface area contributed by atoms with Crippen molar-refractivity contribution >= 4 is 23.5 Å². The van der Waals surface area contributed by atoms with E-state index in [4.69, 9.17) is 22.2 Å².